The Morgan fingerprint density at radius 2 is 1.89 bits per heavy atom. The summed E-state index contributed by atoms with van der Waals surface area (Å²) < 4.78 is 10.4. The highest BCUT2D eigenvalue weighted by atomic mass is 16.5. The molecule has 0 bridgehead atoms. The van der Waals surface area contributed by atoms with Crippen LogP contribution in [0.5, 0.6) is 0 Å². The third kappa shape index (κ3) is 4.17. The summed E-state index contributed by atoms with van der Waals surface area (Å²) in [5, 5.41) is 2.94. The molecule has 2 aromatic heterocycles. The number of anilines is 1. The van der Waals surface area contributed by atoms with E-state index in [1.165, 1.54) is 0 Å². The molecule has 0 saturated carbocycles. The van der Waals surface area contributed by atoms with E-state index in [0.717, 1.165) is 48.8 Å². The molecule has 0 unspecified atom stereocenters. The fourth-order valence-corrected chi connectivity index (χ4v) is 3.04. The molecule has 6 heteroatoms. The van der Waals surface area contributed by atoms with Gasteiger partial charge in [0.05, 0.1) is 31.4 Å². The Labute approximate surface area is 157 Å². The van der Waals surface area contributed by atoms with Crippen molar-refractivity contribution in [3.8, 4) is 11.3 Å². The second-order valence-corrected chi connectivity index (χ2v) is 6.39. The van der Waals surface area contributed by atoms with Crippen LogP contribution in [0.2, 0.25) is 0 Å². The molecule has 0 aliphatic carbocycles. The topological polar surface area (TPSA) is 67.6 Å². The molecular weight excluding hydrogens is 342 g/mol. The van der Waals surface area contributed by atoms with Gasteiger partial charge in [-0.05, 0) is 42.0 Å². The van der Waals surface area contributed by atoms with Gasteiger partial charge in [0.25, 0.3) is 5.91 Å². The van der Waals surface area contributed by atoms with E-state index in [2.05, 4.69) is 15.2 Å². The number of pyridine rings is 1. The Kier molecular flexibility index (Phi) is 5.16. The molecule has 1 aliphatic rings. The summed E-state index contributed by atoms with van der Waals surface area (Å²) >= 11 is 0. The fraction of sp³-hybridized carbons (Fsp3) is 0.238. The van der Waals surface area contributed by atoms with Crippen molar-refractivity contribution in [3.63, 3.8) is 0 Å². The minimum Gasteiger partial charge on any atom is -0.472 e. The van der Waals surface area contributed by atoms with Crippen molar-refractivity contribution in [3.05, 3.63) is 72.3 Å². The summed E-state index contributed by atoms with van der Waals surface area (Å²) in [4.78, 5) is 19.1. The fourth-order valence-electron chi connectivity index (χ4n) is 3.04. The number of aromatic nitrogens is 1. The second-order valence-electron chi connectivity index (χ2n) is 6.39. The molecule has 1 aliphatic heterocycles. The largest absolute Gasteiger partial charge is 0.472 e. The molecule has 27 heavy (non-hydrogen) atoms. The molecule has 6 nitrogen and oxygen atoms in total. The molecule has 0 radical (unpaired) electrons. The number of carbonyl (C=O) groups excluding carboxylic acids is 1. The summed E-state index contributed by atoms with van der Waals surface area (Å²) in [6.45, 7) is 3.69. The zero-order chi connectivity index (χ0) is 18.5. The number of furan rings is 1. The third-order valence-electron chi connectivity index (χ3n) is 4.60. The minimum atomic E-state index is -0.0950. The zero-order valence-electron chi connectivity index (χ0n) is 14.9. The molecule has 0 atom stereocenters. The molecule has 0 spiro atoms. The summed E-state index contributed by atoms with van der Waals surface area (Å²) in [6.07, 6.45) is 5.05. The van der Waals surface area contributed by atoms with Crippen molar-refractivity contribution in [2.45, 2.75) is 6.54 Å². The highest BCUT2D eigenvalue weighted by Crippen LogP contribution is 2.18. The first-order valence-electron chi connectivity index (χ1n) is 8.98. The average molecular weight is 363 g/mol. The van der Waals surface area contributed by atoms with Crippen LogP contribution in [0.4, 0.5) is 5.69 Å². The van der Waals surface area contributed by atoms with E-state index in [1.54, 1.807) is 18.7 Å². The first-order valence-corrected chi connectivity index (χ1v) is 8.98. The molecule has 3 aromatic rings. The normalized spacial score (nSPS) is 14.1. The first-order chi connectivity index (χ1) is 13.3. The number of amides is 1. The number of nitrogens with zero attached hydrogens (tertiary/aromatic N) is 2. The lowest BCUT2D eigenvalue weighted by atomic mass is 10.1. The number of hydrogen-bond donors (Lipinski definition) is 1. The van der Waals surface area contributed by atoms with Gasteiger partial charge < -0.3 is 19.4 Å². The lowest BCUT2D eigenvalue weighted by molar-refractivity contribution is 0.0951. The number of rotatable bonds is 5. The van der Waals surface area contributed by atoms with Gasteiger partial charge in [0.2, 0.25) is 0 Å². The van der Waals surface area contributed by atoms with E-state index in [-0.39, 0.29) is 5.91 Å². The van der Waals surface area contributed by atoms with Crippen LogP contribution in [0.3, 0.4) is 0 Å². The van der Waals surface area contributed by atoms with Crippen molar-refractivity contribution < 1.29 is 13.9 Å². The van der Waals surface area contributed by atoms with Crippen LogP contribution in [0, 0.1) is 0 Å². The van der Waals surface area contributed by atoms with Gasteiger partial charge in [0, 0.05) is 42.6 Å². The Morgan fingerprint density at radius 1 is 1.07 bits per heavy atom. The molecule has 1 N–H and O–H groups in total. The predicted octanol–water partition coefficient (Wildman–Crippen LogP) is 3.11. The van der Waals surface area contributed by atoms with Crippen molar-refractivity contribution in [1.29, 1.82) is 0 Å². The van der Waals surface area contributed by atoms with Crippen molar-refractivity contribution in [1.82, 2.24) is 10.3 Å². The number of nitrogens with one attached hydrogen (secondary N) is 1. The molecule has 4 rings (SSSR count). The lowest BCUT2D eigenvalue weighted by Gasteiger charge is -2.28. The van der Waals surface area contributed by atoms with Crippen LogP contribution in [-0.4, -0.2) is 37.2 Å². The van der Waals surface area contributed by atoms with Gasteiger partial charge >= 0.3 is 0 Å². The van der Waals surface area contributed by atoms with Gasteiger partial charge in [-0.1, -0.05) is 6.07 Å². The molecule has 138 valence electrons. The second kappa shape index (κ2) is 8.05. The first kappa shape index (κ1) is 17.3. The quantitative estimate of drug-likeness (QED) is 0.754. The maximum Gasteiger partial charge on any atom is 0.251 e. The van der Waals surface area contributed by atoms with Gasteiger partial charge in [-0.15, -0.1) is 0 Å². The number of ether oxygens (including phenoxy) is 1. The summed E-state index contributed by atoms with van der Waals surface area (Å²) in [6, 6.07) is 13.4. The van der Waals surface area contributed by atoms with E-state index in [1.807, 2.05) is 42.5 Å². The van der Waals surface area contributed by atoms with Crippen molar-refractivity contribution in [2.24, 2.45) is 0 Å². The van der Waals surface area contributed by atoms with E-state index < -0.39 is 0 Å². The third-order valence-corrected chi connectivity index (χ3v) is 4.60. The molecule has 1 amide bonds. The van der Waals surface area contributed by atoms with Crippen LogP contribution in [0.1, 0.15) is 15.9 Å². The predicted molar refractivity (Wildman–Crippen MR) is 103 cm³/mol. The number of benzene rings is 1. The Balaban J connectivity index is 1.33. The number of hydrogen-bond acceptors (Lipinski definition) is 5. The summed E-state index contributed by atoms with van der Waals surface area (Å²) in [5.41, 5.74) is 4.49. The Hall–Kier alpha value is -3.12. The van der Waals surface area contributed by atoms with Gasteiger partial charge in [0.1, 0.15) is 0 Å². The van der Waals surface area contributed by atoms with Gasteiger partial charge in [-0.25, -0.2) is 0 Å². The van der Waals surface area contributed by atoms with Crippen LogP contribution in [-0.2, 0) is 11.3 Å². The maximum atomic E-state index is 12.4. The zero-order valence-corrected chi connectivity index (χ0v) is 14.9. The number of carbonyl (C=O) groups is 1. The van der Waals surface area contributed by atoms with Crippen LogP contribution < -0.4 is 10.2 Å². The van der Waals surface area contributed by atoms with E-state index >= 15 is 0 Å². The van der Waals surface area contributed by atoms with E-state index in [9.17, 15) is 4.79 Å². The Bertz CT molecular complexity index is 868. The van der Waals surface area contributed by atoms with Crippen molar-refractivity contribution in [2.75, 3.05) is 31.2 Å². The smallest absolute Gasteiger partial charge is 0.251 e. The summed E-state index contributed by atoms with van der Waals surface area (Å²) in [7, 11) is 0. The van der Waals surface area contributed by atoms with Crippen LogP contribution in [0.15, 0.2) is 65.6 Å². The number of morpholine rings is 1. The molecule has 1 fully saturated rings. The van der Waals surface area contributed by atoms with Gasteiger partial charge in [0.15, 0.2) is 0 Å². The van der Waals surface area contributed by atoms with E-state index in [4.69, 9.17) is 9.15 Å². The van der Waals surface area contributed by atoms with Gasteiger partial charge in [-0.2, -0.15) is 0 Å². The van der Waals surface area contributed by atoms with Gasteiger partial charge in [-0.3, -0.25) is 9.78 Å². The standard InChI is InChI=1S/C21H21N3O3/c25-21(17-2-4-19(5-3-17)24-8-11-26-12-9-24)23-14-16-1-6-20(22-13-16)18-7-10-27-15-18/h1-7,10,13,15H,8-9,11-12,14H2,(H,23,25). The minimum absolute atomic E-state index is 0.0950. The molecule has 1 aromatic carbocycles. The Morgan fingerprint density at radius 3 is 2.56 bits per heavy atom. The van der Waals surface area contributed by atoms with Crippen LogP contribution in [0.25, 0.3) is 11.3 Å². The monoisotopic (exact) mass is 363 g/mol. The molecular formula is C21H21N3O3. The molecule has 1 saturated heterocycles. The maximum absolute atomic E-state index is 12.4. The lowest BCUT2D eigenvalue weighted by Crippen LogP contribution is -2.36. The summed E-state index contributed by atoms with van der Waals surface area (Å²) in [5.74, 6) is -0.0950. The average Bonchev–Trinajstić information content (AvgIpc) is 3.28. The molecule has 3 heterocycles. The van der Waals surface area contributed by atoms with Crippen molar-refractivity contribution >= 4 is 11.6 Å². The van der Waals surface area contributed by atoms with Crippen LogP contribution >= 0.6 is 0 Å². The van der Waals surface area contributed by atoms with E-state index in [0.29, 0.717) is 12.1 Å². The SMILES string of the molecule is O=C(NCc1ccc(-c2ccoc2)nc1)c1ccc(N2CCOCC2)cc1. The highest BCUT2D eigenvalue weighted by molar-refractivity contribution is 5.94. The highest BCUT2D eigenvalue weighted by Gasteiger charge is 2.12.